The number of carbonyl (C=O) groups is 1. The molecule has 6 nitrogen and oxygen atoms in total. The van der Waals surface area contributed by atoms with Crippen LogP contribution in [0.15, 0.2) is 12.1 Å². The van der Waals surface area contributed by atoms with Crippen molar-refractivity contribution in [3.8, 4) is 17.2 Å². The molecule has 2 fully saturated rings. The Balaban J connectivity index is 0.00000243. The number of hydrogen-bond donors (Lipinski definition) is 1. The van der Waals surface area contributed by atoms with Gasteiger partial charge in [-0.3, -0.25) is 4.79 Å². The second kappa shape index (κ2) is 8.82. The third-order valence-corrected chi connectivity index (χ3v) is 5.47. The fourth-order valence-corrected chi connectivity index (χ4v) is 4.08. The van der Waals surface area contributed by atoms with Crippen molar-refractivity contribution in [3.05, 3.63) is 17.7 Å². The Morgan fingerprint density at radius 1 is 1.08 bits per heavy atom. The van der Waals surface area contributed by atoms with Crippen molar-refractivity contribution in [2.75, 3.05) is 28.4 Å². The van der Waals surface area contributed by atoms with E-state index in [1.54, 1.807) is 21.3 Å². The van der Waals surface area contributed by atoms with Gasteiger partial charge in [0, 0.05) is 25.2 Å². The molecule has 2 atom stereocenters. The van der Waals surface area contributed by atoms with Crippen LogP contribution in [0, 0.1) is 0 Å². The minimum atomic E-state index is 0. The average Bonchev–Trinajstić information content (AvgIpc) is 2.97. The Labute approximate surface area is 161 Å². The van der Waals surface area contributed by atoms with E-state index in [0.717, 1.165) is 18.4 Å². The van der Waals surface area contributed by atoms with Gasteiger partial charge in [0.15, 0.2) is 11.5 Å². The van der Waals surface area contributed by atoms with Gasteiger partial charge in [-0.25, -0.2) is 0 Å². The number of benzene rings is 1. The van der Waals surface area contributed by atoms with E-state index in [1.165, 1.54) is 12.8 Å². The molecule has 1 aromatic rings. The highest BCUT2D eigenvalue weighted by atomic mass is 35.5. The maximum absolute atomic E-state index is 12.8. The van der Waals surface area contributed by atoms with Crippen LogP contribution in [0.25, 0.3) is 0 Å². The van der Waals surface area contributed by atoms with Crippen molar-refractivity contribution < 1.29 is 19.0 Å². The van der Waals surface area contributed by atoms with Crippen LogP contribution < -0.4 is 19.5 Å². The van der Waals surface area contributed by atoms with E-state index in [-0.39, 0.29) is 18.3 Å². The van der Waals surface area contributed by atoms with E-state index in [9.17, 15) is 4.79 Å². The smallest absolute Gasteiger partial charge is 0.226 e. The SMILES string of the molecule is COc1cc(CC(=O)N(C)C2CC3CCC(C2)N3)cc(OC)c1OC.Cl. The first-order valence-corrected chi connectivity index (χ1v) is 8.86. The number of hydrogen-bond acceptors (Lipinski definition) is 5. The molecule has 0 spiro atoms. The predicted molar refractivity (Wildman–Crippen MR) is 103 cm³/mol. The molecule has 2 bridgehead atoms. The van der Waals surface area contributed by atoms with Crippen LogP contribution in [-0.4, -0.2) is 57.3 Å². The van der Waals surface area contributed by atoms with E-state index >= 15 is 0 Å². The van der Waals surface area contributed by atoms with Crippen LogP contribution in [0.3, 0.4) is 0 Å². The van der Waals surface area contributed by atoms with Crippen LogP contribution in [0.5, 0.6) is 17.2 Å². The van der Waals surface area contributed by atoms with Gasteiger partial charge < -0.3 is 24.4 Å². The molecule has 2 saturated heterocycles. The molecule has 1 N–H and O–H groups in total. The lowest BCUT2D eigenvalue weighted by atomic mass is 9.98. The number of fused-ring (bicyclic) bond motifs is 2. The second-order valence-corrected chi connectivity index (χ2v) is 6.98. The fourth-order valence-electron chi connectivity index (χ4n) is 4.08. The number of carbonyl (C=O) groups excluding carboxylic acids is 1. The van der Waals surface area contributed by atoms with Crippen LogP contribution in [0.1, 0.15) is 31.2 Å². The van der Waals surface area contributed by atoms with Gasteiger partial charge in [0.25, 0.3) is 0 Å². The number of halogens is 1. The van der Waals surface area contributed by atoms with E-state index in [4.69, 9.17) is 14.2 Å². The van der Waals surface area contributed by atoms with E-state index in [2.05, 4.69) is 5.32 Å². The molecule has 2 unspecified atom stereocenters. The average molecular weight is 385 g/mol. The third kappa shape index (κ3) is 4.18. The number of piperidine rings is 1. The molecule has 146 valence electrons. The molecule has 1 amide bonds. The van der Waals surface area contributed by atoms with E-state index < -0.39 is 0 Å². The van der Waals surface area contributed by atoms with E-state index in [0.29, 0.717) is 41.8 Å². The van der Waals surface area contributed by atoms with Crippen LogP contribution in [-0.2, 0) is 11.2 Å². The van der Waals surface area contributed by atoms with Crippen molar-refractivity contribution in [2.24, 2.45) is 0 Å². The maximum Gasteiger partial charge on any atom is 0.226 e. The zero-order chi connectivity index (χ0) is 18.0. The summed E-state index contributed by atoms with van der Waals surface area (Å²) in [6.07, 6.45) is 4.89. The summed E-state index contributed by atoms with van der Waals surface area (Å²) in [5, 5.41) is 3.62. The first-order chi connectivity index (χ1) is 12.0. The number of nitrogens with zero attached hydrogens (tertiary/aromatic N) is 1. The van der Waals surface area contributed by atoms with Crippen LogP contribution in [0.4, 0.5) is 0 Å². The molecule has 3 rings (SSSR count). The summed E-state index contributed by atoms with van der Waals surface area (Å²) < 4.78 is 16.1. The number of rotatable bonds is 6. The predicted octanol–water partition coefficient (Wildman–Crippen LogP) is 2.42. The Hall–Kier alpha value is -1.66. The first kappa shape index (κ1) is 20.6. The van der Waals surface area contributed by atoms with Gasteiger partial charge in [0.1, 0.15) is 0 Å². The number of ether oxygens (including phenoxy) is 3. The zero-order valence-corrected chi connectivity index (χ0v) is 16.7. The minimum absolute atomic E-state index is 0. The molecule has 2 heterocycles. The highest BCUT2D eigenvalue weighted by Crippen LogP contribution is 2.38. The lowest BCUT2D eigenvalue weighted by Crippen LogP contribution is -2.49. The van der Waals surface area contributed by atoms with Crippen molar-refractivity contribution in [3.63, 3.8) is 0 Å². The highest BCUT2D eigenvalue weighted by molar-refractivity contribution is 5.85. The normalized spacial score (nSPS) is 23.8. The minimum Gasteiger partial charge on any atom is -0.493 e. The van der Waals surface area contributed by atoms with E-state index in [1.807, 2.05) is 24.1 Å². The summed E-state index contributed by atoms with van der Waals surface area (Å²) in [4.78, 5) is 14.7. The van der Waals surface area contributed by atoms with Crippen molar-refractivity contribution in [2.45, 2.75) is 50.2 Å². The summed E-state index contributed by atoms with van der Waals surface area (Å²) in [6, 6.07) is 5.16. The molecule has 2 aliphatic rings. The maximum atomic E-state index is 12.8. The molecule has 0 aromatic heterocycles. The molecule has 1 aromatic carbocycles. The zero-order valence-electron chi connectivity index (χ0n) is 15.9. The summed E-state index contributed by atoms with van der Waals surface area (Å²) in [5.74, 6) is 1.82. The highest BCUT2D eigenvalue weighted by Gasteiger charge is 2.36. The molecular formula is C19H29ClN2O4. The fraction of sp³-hybridized carbons (Fsp3) is 0.632. The molecule has 26 heavy (non-hydrogen) atoms. The number of methoxy groups -OCH3 is 3. The van der Waals surface area contributed by atoms with Crippen molar-refractivity contribution in [1.82, 2.24) is 10.2 Å². The molecule has 7 heteroatoms. The largest absolute Gasteiger partial charge is 0.493 e. The van der Waals surface area contributed by atoms with Gasteiger partial charge in [0.2, 0.25) is 11.7 Å². The van der Waals surface area contributed by atoms with Crippen molar-refractivity contribution in [1.29, 1.82) is 0 Å². The number of nitrogens with one attached hydrogen (secondary N) is 1. The monoisotopic (exact) mass is 384 g/mol. The first-order valence-electron chi connectivity index (χ1n) is 8.86. The van der Waals surface area contributed by atoms with Gasteiger partial charge in [-0.1, -0.05) is 0 Å². The standard InChI is InChI=1S/C19H28N2O4.ClH/c1-21(15-10-13-5-6-14(11-15)20-13)18(22)9-12-7-16(23-2)19(25-4)17(8-12)24-3;/h7-8,13-15,20H,5-6,9-11H2,1-4H3;1H. The summed E-state index contributed by atoms with van der Waals surface area (Å²) in [5.41, 5.74) is 0.864. The summed E-state index contributed by atoms with van der Waals surface area (Å²) in [6.45, 7) is 0. The Bertz CT molecular complexity index is 603. The lowest BCUT2D eigenvalue weighted by Gasteiger charge is -2.35. The quantitative estimate of drug-likeness (QED) is 0.816. The van der Waals surface area contributed by atoms with Gasteiger partial charge >= 0.3 is 0 Å². The third-order valence-electron chi connectivity index (χ3n) is 5.47. The summed E-state index contributed by atoms with van der Waals surface area (Å²) >= 11 is 0. The van der Waals surface area contributed by atoms with Gasteiger partial charge in [-0.15, -0.1) is 12.4 Å². The van der Waals surface area contributed by atoms with Crippen LogP contribution >= 0.6 is 12.4 Å². The van der Waals surface area contributed by atoms with Crippen molar-refractivity contribution >= 4 is 18.3 Å². The van der Waals surface area contributed by atoms with Gasteiger partial charge in [-0.2, -0.15) is 0 Å². The molecule has 0 radical (unpaired) electrons. The molecule has 0 aliphatic carbocycles. The lowest BCUT2D eigenvalue weighted by molar-refractivity contribution is -0.131. The number of amides is 1. The summed E-state index contributed by atoms with van der Waals surface area (Å²) in [7, 11) is 6.67. The van der Waals surface area contributed by atoms with Gasteiger partial charge in [-0.05, 0) is 43.4 Å². The molecular weight excluding hydrogens is 356 g/mol. The molecule has 2 aliphatic heterocycles. The number of likely N-dealkylation sites (N-methyl/N-ethyl adjacent to an activating group) is 1. The van der Waals surface area contributed by atoms with Gasteiger partial charge in [0.05, 0.1) is 27.8 Å². The second-order valence-electron chi connectivity index (χ2n) is 6.98. The Morgan fingerprint density at radius 2 is 1.62 bits per heavy atom. The Morgan fingerprint density at radius 3 is 2.08 bits per heavy atom. The topological polar surface area (TPSA) is 60.0 Å². The molecule has 0 saturated carbocycles. The Kier molecular flexibility index (Phi) is 7.01. The van der Waals surface area contributed by atoms with Crippen LogP contribution in [0.2, 0.25) is 0 Å².